The first-order valence-corrected chi connectivity index (χ1v) is 6.92. The number of halogens is 1. The summed E-state index contributed by atoms with van der Waals surface area (Å²) >= 11 is 0. The highest BCUT2D eigenvalue weighted by molar-refractivity contribution is 5.98. The quantitative estimate of drug-likeness (QED) is 0.659. The summed E-state index contributed by atoms with van der Waals surface area (Å²) in [6.07, 6.45) is 0. The van der Waals surface area contributed by atoms with Crippen molar-refractivity contribution in [3.05, 3.63) is 39.2 Å². The van der Waals surface area contributed by atoms with Crippen molar-refractivity contribution in [2.45, 2.75) is 6.92 Å². The van der Waals surface area contributed by atoms with Gasteiger partial charge in [0.2, 0.25) is 0 Å². The number of nitrogens with one attached hydrogen (secondary N) is 1. The van der Waals surface area contributed by atoms with Crippen LogP contribution in [0.5, 0.6) is 0 Å². The fourth-order valence-corrected chi connectivity index (χ4v) is 3.33. The van der Waals surface area contributed by atoms with E-state index in [-0.39, 0.29) is 16.8 Å². The van der Waals surface area contributed by atoms with Gasteiger partial charge in [-0.25, -0.2) is 4.39 Å². The number of aryl methyl sites for hydroxylation is 1. The average Bonchev–Trinajstić information content (AvgIpc) is 2.96. The summed E-state index contributed by atoms with van der Waals surface area (Å²) in [5.41, 5.74) is -0.272. The highest BCUT2D eigenvalue weighted by Gasteiger charge is 2.39. The number of nitrogens with zero attached hydrogens (tertiary/aromatic N) is 2. The molecule has 2 saturated heterocycles. The Kier molecular flexibility index (Phi) is 3.36. The summed E-state index contributed by atoms with van der Waals surface area (Å²) in [4.78, 5) is 24.7. The molecule has 2 heterocycles. The molecule has 1 aromatic rings. The van der Waals surface area contributed by atoms with Crippen molar-refractivity contribution < 1.29 is 14.1 Å². The molecule has 1 aromatic carbocycles. The zero-order valence-electron chi connectivity index (χ0n) is 11.6. The Labute approximate surface area is 121 Å². The van der Waals surface area contributed by atoms with E-state index in [1.807, 2.05) is 0 Å². The van der Waals surface area contributed by atoms with Crippen molar-refractivity contribution in [1.82, 2.24) is 10.2 Å². The number of amides is 1. The van der Waals surface area contributed by atoms with E-state index in [1.54, 1.807) is 4.90 Å². The van der Waals surface area contributed by atoms with Gasteiger partial charge in [0.05, 0.1) is 4.92 Å². The number of rotatable bonds is 2. The lowest BCUT2D eigenvalue weighted by molar-refractivity contribution is -0.385. The molecule has 7 heteroatoms. The van der Waals surface area contributed by atoms with Crippen molar-refractivity contribution in [1.29, 1.82) is 0 Å². The van der Waals surface area contributed by atoms with Crippen LogP contribution in [0.1, 0.15) is 15.9 Å². The third-order valence-corrected chi connectivity index (χ3v) is 4.35. The third kappa shape index (κ3) is 2.37. The standard InChI is InChI=1S/C14H16FN3O3/c1-8-2-11(15)3-12(13(8)18(20)21)14(19)17-6-9-4-16-5-10(9)7-17/h2-3,9-10,16H,4-7H2,1H3/t9-,10+. The second-order valence-electron chi connectivity index (χ2n) is 5.76. The van der Waals surface area contributed by atoms with Crippen molar-refractivity contribution in [2.75, 3.05) is 26.2 Å². The summed E-state index contributed by atoms with van der Waals surface area (Å²) in [6, 6.07) is 2.05. The molecule has 2 fully saturated rings. The Bertz CT molecular complexity index is 608. The van der Waals surface area contributed by atoms with Crippen LogP contribution in [-0.4, -0.2) is 41.9 Å². The number of fused-ring (bicyclic) bond motifs is 1. The van der Waals surface area contributed by atoms with Crippen LogP contribution in [0.2, 0.25) is 0 Å². The Hall–Kier alpha value is -2.02. The lowest BCUT2D eigenvalue weighted by Gasteiger charge is -2.18. The van der Waals surface area contributed by atoms with E-state index < -0.39 is 16.6 Å². The Balaban J connectivity index is 1.93. The first kappa shape index (κ1) is 13.9. The average molecular weight is 293 g/mol. The van der Waals surface area contributed by atoms with Crippen LogP contribution in [0, 0.1) is 34.7 Å². The lowest BCUT2D eigenvalue weighted by Crippen LogP contribution is -2.32. The Morgan fingerprint density at radius 2 is 2.00 bits per heavy atom. The Morgan fingerprint density at radius 1 is 1.38 bits per heavy atom. The maximum atomic E-state index is 13.5. The van der Waals surface area contributed by atoms with Crippen molar-refractivity contribution in [3.8, 4) is 0 Å². The first-order valence-electron chi connectivity index (χ1n) is 6.92. The molecule has 0 aromatic heterocycles. The summed E-state index contributed by atoms with van der Waals surface area (Å²) < 4.78 is 13.5. The van der Waals surface area contributed by atoms with Gasteiger partial charge in [0, 0.05) is 31.7 Å². The summed E-state index contributed by atoms with van der Waals surface area (Å²) in [5, 5.41) is 14.4. The van der Waals surface area contributed by atoms with E-state index in [4.69, 9.17) is 0 Å². The van der Waals surface area contributed by atoms with Gasteiger partial charge in [-0.15, -0.1) is 0 Å². The van der Waals surface area contributed by atoms with E-state index in [0.717, 1.165) is 25.2 Å². The molecule has 2 atom stereocenters. The number of nitro groups is 1. The van der Waals surface area contributed by atoms with Crippen LogP contribution < -0.4 is 5.32 Å². The lowest BCUT2D eigenvalue weighted by atomic mass is 10.0. The largest absolute Gasteiger partial charge is 0.338 e. The number of benzene rings is 1. The van der Waals surface area contributed by atoms with Gasteiger partial charge in [0.15, 0.2) is 0 Å². The zero-order valence-corrected chi connectivity index (χ0v) is 11.6. The van der Waals surface area contributed by atoms with E-state index in [0.29, 0.717) is 24.9 Å². The minimum Gasteiger partial charge on any atom is -0.338 e. The van der Waals surface area contributed by atoms with Gasteiger partial charge in [-0.2, -0.15) is 0 Å². The first-order chi connectivity index (χ1) is 9.97. The van der Waals surface area contributed by atoms with Gasteiger partial charge in [-0.05, 0) is 30.9 Å². The predicted molar refractivity (Wildman–Crippen MR) is 73.5 cm³/mol. The summed E-state index contributed by atoms with van der Waals surface area (Å²) in [7, 11) is 0. The molecule has 2 aliphatic heterocycles. The van der Waals surface area contributed by atoms with Crippen LogP contribution in [-0.2, 0) is 0 Å². The molecule has 0 spiro atoms. The number of likely N-dealkylation sites (tertiary alicyclic amines) is 1. The fourth-order valence-electron chi connectivity index (χ4n) is 3.33. The van der Waals surface area contributed by atoms with E-state index in [1.165, 1.54) is 6.92 Å². The molecule has 3 rings (SSSR count). The van der Waals surface area contributed by atoms with Crippen LogP contribution in [0.3, 0.4) is 0 Å². The molecule has 0 unspecified atom stereocenters. The molecule has 0 bridgehead atoms. The van der Waals surface area contributed by atoms with Crippen molar-refractivity contribution in [3.63, 3.8) is 0 Å². The smallest absolute Gasteiger partial charge is 0.285 e. The SMILES string of the molecule is Cc1cc(F)cc(C(=O)N2C[C@H]3CNC[C@H]3C2)c1[N+](=O)[O-]. The molecule has 112 valence electrons. The molecule has 1 N–H and O–H groups in total. The maximum absolute atomic E-state index is 13.5. The minimum atomic E-state index is -0.623. The number of hydrogen-bond donors (Lipinski definition) is 1. The van der Waals surface area contributed by atoms with E-state index in [2.05, 4.69) is 5.32 Å². The van der Waals surface area contributed by atoms with Crippen molar-refractivity contribution >= 4 is 11.6 Å². The minimum absolute atomic E-state index is 0.148. The number of nitro benzene ring substituents is 1. The number of carbonyl (C=O) groups excluding carboxylic acids is 1. The highest BCUT2D eigenvalue weighted by atomic mass is 19.1. The normalized spacial score (nSPS) is 24.2. The summed E-state index contributed by atoms with van der Waals surface area (Å²) in [6.45, 7) is 4.31. The fraction of sp³-hybridized carbons (Fsp3) is 0.500. The van der Waals surface area contributed by atoms with Gasteiger partial charge in [-0.1, -0.05) is 0 Å². The topological polar surface area (TPSA) is 75.5 Å². The molecule has 0 aliphatic carbocycles. The predicted octanol–water partition coefficient (Wildman–Crippen LogP) is 1.33. The molecule has 0 saturated carbocycles. The molecule has 6 nitrogen and oxygen atoms in total. The second-order valence-corrected chi connectivity index (χ2v) is 5.76. The zero-order chi connectivity index (χ0) is 15.1. The third-order valence-electron chi connectivity index (χ3n) is 4.35. The van der Waals surface area contributed by atoms with E-state index in [9.17, 15) is 19.3 Å². The van der Waals surface area contributed by atoms with E-state index >= 15 is 0 Å². The highest BCUT2D eigenvalue weighted by Crippen LogP contribution is 2.31. The van der Waals surface area contributed by atoms with Gasteiger partial charge in [0.25, 0.3) is 11.6 Å². The maximum Gasteiger partial charge on any atom is 0.285 e. The monoisotopic (exact) mass is 293 g/mol. The van der Waals surface area contributed by atoms with Gasteiger partial charge < -0.3 is 10.2 Å². The van der Waals surface area contributed by atoms with Gasteiger partial charge in [-0.3, -0.25) is 14.9 Å². The van der Waals surface area contributed by atoms with Crippen LogP contribution >= 0.6 is 0 Å². The van der Waals surface area contributed by atoms with Crippen LogP contribution in [0.25, 0.3) is 0 Å². The number of hydrogen-bond acceptors (Lipinski definition) is 4. The molecule has 2 aliphatic rings. The molecular formula is C14H16FN3O3. The van der Waals surface area contributed by atoms with Gasteiger partial charge >= 0.3 is 0 Å². The van der Waals surface area contributed by atoms with Crippen LogP contribution in [0.15, 0.2) is 12.1 Å². The van der Waals surface area contributed by atoms with Crippen molar-refractivity contribution in [2.24, 2.45) is 11.8 Å². The van der Waals surface area contributed by atoms with Gasteiger partial charge in [0.1, 0.15) is 11.4 Å². The molecule has 0 radical (unpaired) electrons. The second kappa shape index (κ2) is 5.07. The number of carbonyl (C=O) groups is 1. The molecule has 21 heavy (non-hydrogen) atoms. The summed E-state index contributed by atoms with van der Waals surface area (Å²) in [5.74, 6) is -0.286. The Morgan fingerprint density at radius 3 is 2.57 bits per heavy atom. The van der Waals surface area contributed by atoms with Crippen LogP contribution in [0.4, 0.5) is 10.1 Å². The molecule has 1 amide bonds. The molecular weight excluding hydrogens is 277 g/mol.